The fraction of sp³-hybridized carbons (Fsp3) is 0.364. The van der Waals surface area contributed by atoms with Crippen LogP contribution >= 0.6 is 0 Å². The van der Waals surface area contributed by atoms with Crippen LogP contribution < -0.4 is 5.32 Å². The van der Waals surface area contributed by atoms with E-state index in [1.54, 1.807) is 13.8 Å². The molecule has 2 aromatic rings. The number of amides is 1. The number of aliphatic carboxylic acids is 1. The summed E-state index contributed by atoms with van der Waals surface area (Å²) in [5, 5.41) is 11.9. The minimum Gasteiger partial charge on any atom is -0.479 e. The Morgan fingerprint density at radius 1 is 1.03 bits per heavy atom. The van der Waals surface area contributed by atoms with Gasteiger partial charge in [0.05, 0.1) is 6.54 Å². The molecule has 2 aliphatic rings. The minimum atomic E-state index is -1.14. The molecule has 0 aromatic heterocycles. The topological polar surface area (TPSA) is 94.1 Å². The first kappa shape index (κ1) is 19.4. The average molecular weight is 397 g/mol. The highest BCUT2D eigenvalue weighted by molar-refractivity contribution is 5.79. The Labute approximate surface area is 168 Å². The summed E-state index contributed by atoms with van der Waals surface area (Å²) in [4.78, 5) is 23.6. The van der Waals surface area contributed by atoms with E-state index in [4.69, 9.17) is 14.2 Å². The summed E-state index contributed by atoms with van der Waals surface area (Å²) < 4.78 is 16.4. The predicted molar refractivity (Wildman–Crippen MR) is 105 cm³/mol. The molecule has 29 heavy (non-hydrogen) atoms. The van der Waals surface area contributed by atoms with E-state index < -0.39 is 30.1 Å². The summed E-state index contributed by atoms with van der Waals surface area (Å²) in [6.07, 6.45) is -2.55. The normalized spacial score (nSPS) is 22.0. The van der Waals surface area contributed by atoms with Gasteiger partial charge in [0.25, 0.3) is 0 Å². The van der Waals surface area contributed by atoms with Gasteiger partial charge in [-0.2, -0.15) is 0 Å². The first-order valence-electron chi connectivity index (χ1n) is 9.53. The Bertz CT molecular complexity index is 895. The maximum absolute atomic E-state index is 12.2. The van der Waals surface area contributed by atoms with Crippen molar-refractivity contribution in [3.05, 3.63) is 59.7 Å². The Morgan fingerprint density at radius 2 is 1.62 bits per heavy atom. The van der Waals surface area contributed by atoms with Gasteiger partial charge in [-0.25, -0.2) is 9.59 Å². The second-order valence-corrected chi connectivity index (χ2v) is 7.64. The zero-order valence-corrected chi connectivity index (χ0v) is 16.3. The van der Waals surface area contributed by atoms with Crippen LogP contribution in [0.2, 0.25) is 0 Å². The third-order valence-corrected chi connectivity index (χ3v) is 5.22. The largest absolute Gasteiger partial charge is 0.479 e. The number of carbonyl (C=O) groups excluding carboxylic acids is 1. The number of carbonyl (C=O) groups is 2. The lowest BCUT2D eigenvalue weighted by Crippen LogP contribution is -2.41. The molecule has 0 radical (unpaired) electrons. The molecule has 1 saturated heterocycles. The molecule has 7 heteroatoms. The number of carboxylic acid groups (broad SMARTS) is 1. The van der Waals surface area contributed by atoms with E-state index in [9.17, 15) is 14.7 Å². The number of nitrogens with one attached hydrogen (secondary N) is 1. The zero-order valence-electron chi connectivity index (χ0n) is 16.3. The minimum absolute atomic E-state index is 0.0168. The lowest BCUT2D eigenvalue weighted by Gasteiger charge is -2.18. The van der Waals surface area contributed by atoms with Gasteiger partial charge in [0.15, 0.2) is 11.9 Å². The van der Waals surface area contributed by atoms with Crippen LogP contribution in [0, 0.1) is 0 Å². The lowest BCUT2D eigenvalue weighted by atomic mass is 9.98. The Hall–Kier alpha value is -2.90. The van der Waals surface area contributed by atoms with Crippen molar-refractivity contribution in [1.82, 2.24) is 5.32 Å². The van der Waals surface area contributed by atoms with Gasteiger partial charge in [0, 0.05) is 5.92 Å². The Kier molecular flexibility index (Phi) is 5.02. The molecule has 2 N–H and O–H groups in total. The van der Waals surface area contributed by atoms with Crippen LogP contribution in [0.25, 0.3) is 11.1 Å². The van der Waals surface area contributed by atoms with Crippen LogP contribution in [0.15, 0.2) is 48.5 Å². The molecule has 0 spiro atoms. The summed E-state index contributed by atoms with van der Waals surface area (Å²) in [5.41, 5.74) is 4.56. The van der Waals surface area contributed by atoms with Crippen molar-refractivity contribution in [2.45, 2.75) is 37.8 Å². The number of ether oxygens (including phenoxy) is 3. The van der Waals surface area contributed by atoms with Crippen molar-refractivity contribution in [3.63, 3.8) is 0 Å². The van der Waals surface area contributed by atoms with Crippen LogP contribution in [0.3, 0.4) is 0 Å². The van der Waals surface area contributed by atoms with Gasteiger partial charge >= 0.3 is 12.1 Å². The Morgan fingerprint density at radius 3 is 2.21 bits per heavy atom. The van der Waals surface area contributed by atoms with E-state index in [-0.39, 0.29) is 19.1 Å². The molecule has 1 aliphatic heterocycles. The smallest absolute Gasteiger partial charge is 0.407 e. The number of hydrogen-bond donors (Lipinski definition) is 2. The van der Waals surface area contributed by atoms with Gasteiger partial charge < -0.3 is 24.6 Å². The fourth-order valence-corrected chi connectivity index (χ4v) is 4.03. The summed E-state index contributed by atoms with van der Waals surface area (Å²) in [6.45, 7) is 3.44. The van der Waals surface area contributed by atoms with Gasteiger partial charge in [0.2, 0.25) is 0 Å². The van der Waals surface area contributed by atoms with Gasteiger partial charge in [-0.1, -0.05) is 48.5 Å². The number of alkyl carbamates (subject to hydrolysis) is 1. The molecule has 2 aromatic carbocycles. The number of rotatable bonds is 5. The highest BCUT2D eigenvalue weighted by Gasteiger charge is 2.45. The SMILES string of the molecule is CC1(C)O[C@@H](CNC(=O)OCC2c3ccccc3-c3ccccc32)[C@@H](C(=O)O)O1. The molecular formula is C22H23NO6. The van der Waals surface area contributed by atoms with Gasteiger partial charge in [-0.3, -0.25) is 0 Å². The Balaban J connectivity index is 1.38. The van der Waals surface area contributed by atoms with Crippen molar-refractivity contribution < 1.29 is 28.9 Å². The number of carboxylic acids is 1. The molecule has 1 amide bonds. The summed E-state index contributed by atoms with van der Waals surface area (Å²) in [7, 11) is 0. The second kappa shape index (κ2) is 7.50. The highest BCUT2D eigenvalue weighted by Crippen LogP contribution is 2.44. The van der Waals surface area contributed by atoms with Crippen molar-refractivity contribution in [1.29, 1.82) is 0 Å². The third-order valence-electron chi connectivity index (χ3n) is 5.22. The van der Waals surface area contributed by atoms with Crippen molar-refractivity contribution >= 4 is 12.1 Å². The van der Waals surface area contributed by atoms with E-state index in [2.05, 4.69) is 17.4 Å². The fourth-order valence-electron chi connectivity index (χ4n) is 4.03. The molecule has 0 bridgehead atoms. The molecule has 4 rings (SSSR count). The molecule has 1 heterocycles. The summed E-state index contributed by atoms with van der Waals surface area (Å²) in [6, 6.07) is 16.2. The average Bonchev–Trinajstić information content (AvgIpc) is 3.19. The first-order chi connectivity index (χ1) is 13.9. The van der Waals surface area contributed by atoms with Crippen LogP contribution in [0.4, 0.5) is 4.79 Å². The third kappa shape index (κ3) is 3.83. The van der Waals surface area contributed by atoms with E-state index in [0.717, 1.165) is 22.3 Å². The molecule has 0 unspecified atom stereocenters. The molecular weight excluding hydrogens is 374 g/mol. The highest BCUT2D eigenvalue weighted by atomic mass is 16.8. The molecule has 7 nitrogen and oxygen atoms in total. The number of hydrogen-bond acceptors (Lipinski definition) is 5. The lowest BCUT2D eigenvalue weighted by molar-refractivity contribution is -0.165. The summed E-state index contributed by atoms with van der Waals surface area (Å²) >= 11 is 0. The van der Waals surface area contributed by atoms with Gasteiger partial charge in [-0.05, 0) is 36.1 Å². The van der Waals surface area contributed by atoms with Crippen LogP contribution in [-0.4, -0.2) is 48.3 Å². The predicted octanol–water partition coefficient (Wildman–Crippen LogP) is 3.13. The number of benzene rings is 2. The van der Waals surface area contributed by atoms with E-state index in [1.165, 1.54) is 0 Å². The quantitative estimate of drug-likeness (QED) is 0.805. The molecule has 0 saturated carbocycles. The molecule has 1 fully saturated rings. The maximum Gasteiger partial charge on any atom is 0.407 e. The van der Waals surface area contributed by atoms with Crippen LogP contribution in [0.5, 0.6) is 0 Å². The van der Waals surface area contributed by atoms with Gasteiger partial charge in [-0.15, -0.1) is 0 Å². The standard InChI is InChI=1S/C22H23NO6/c1-22(2)28-18(19(29-22)20(24)25)11-23-21(26)27-12-17-15-9-5-3-7-13(15)14-8-4-6-10-16(14)17/h3-10,17-19H,11-12H2,1-2H3,(H,23,26)(H,24,25)/t18-,19-/m0/s1. The van der Waals surface area contributed by atoms with Gasteiger partial charge in [0.1, 0.15) is 12.7 Å². The second-order valence-electron chi connectivity index (χ2n) is 7.64. The van der Waals surface area contributed by atoms with Crippen LogP contribution in [0.1, 0.15) is 30.9 Å². The monoisotopic (exact) mass is 397 g/mol. The van der Waals surface area contributed by atoms with E-state index >= 15 is 0 Å². The van der Waals surface area contributed by atoms with Crippen molar-refractivity contribution in [3.8, 4) is 11.1 Å². The van der Waals surface area contributed by atoms with Crippen molar-refractivity contribution in [2.24, 2.45) is 0 Å². The first-order valence-corrected chi connectivity index (χ1v) is 9.53. The van der Waals surface area contributed by atoms with E-state index in [1.807, 2.05) is 36.4 Å². The van der Waals surface area contributed by atoms with Crippen LogP contribution in [-0.2, 0) is 19.0 Å². The maximum atomic E-state index is 12.2. The number of fused-ring (bicyclic) bond motifs is 3. The molecule has 2 atom stereocenters. The molecule has 152 valence electrons. The van der Waals surface area contributed by atoms with E-state index in [0.29, 0.717) is 0 Å². The van der Waals surface area contributed by atoms with Crippen molar-refractivity contribution in [2.75, 3.05) is 13.2 Å². The molecule has 1 aliphatic carbocycles. The zero-order chi connectivity index (χ0) is 20.6. The summed E-state index contributed by atoms with van der Waals surface area (Å²) in [5.74, 6) is -2.18.